The maximum Gasteiger partial charge on any atom is 0.191 e. The van der Waals surface area contributed by atoms with E-state index >= 15 is 0 Å². The molecule has 1 aliphatic rings. The smallest absolute Gasteiger partial charge is 0.191 e. The molecule has 166 valence electrons. The highest BCUT2D eigenvalue weighted by Crippen LogP contribution is 2.27. The predicted octanol–water partition coefficient (Wildman–Crippen LogP) is 3.66. The number of thiophene rings is 1. The van der Waals surface area contributed by atoms with Crippen LogP contribution in [0.3, 0.4) is 0 Å². The van der Waals surface area contributed by atoms with E-state index in [1.54, 1.807) is 18.4 Å². The molecule has 0 spiro atoms. The first-order valence-electron chi connectivity index (χ1n) is 10.2. The molecule has 1 aliphatic heterocycles. The highest BCUT2D eigenvalue weighted by Gasteiger charge is 2.25. The van der Waals surface area contributed by atoms with Crippen LogP contribution in [-0.2, 0) is 5.60 Å². The Morgan fingerprint density at radius 2 is 2.20 bits per heavy atom. The number of hydrogen-bond donors (Lipinski definition) is 3. The maximum atomic E-state index is 10.7. The van der Waals surface area contributed by atoms with E-state index in [1.807, 2.05) is 42.8 Å². The lowest BCUT2D eigenvalue weighted by Gasteiger charge is -2.22. The quantitative estimate of drug-likeness (QED) is 0.269. The largest absolute Gasteiger partial charge is 0.497 e. The number of benzene rings is 1. The lowest BCUT2D eigenvalue weighted by molar-refractivity contribution is 0.0677. The average Bonchev–Trinajstić information content (AvgIpc) is 3.43. The number of rotatable bonds is 8. The van der Waals surface area contributed by atoms with Crippen molar-refractivity contribution in [2.75, 3.05) is 44.7 Å². The van der Waals surface area contributed by atoms with Gasteiger partial charge in [0.2, 0.25) is 0 Å². The molecule has 2 atom stereocenters. The SMILES string of the molecule is CCNC(=NCC(C)(O)c1ccsc1)NCC1CCN(c2cccc(OC)c2)C1.I. The van der Waals surface area contributed by atoms with E-state index in [9.17, 15) is 5.11 Å². The van der Waals surface area contributed by atoms with Crippen LogP contribution in [0.2, 0.25) is 0 Å². The molecule has 1 saturated heterocycles. The van der Waals surface area contributed by atoms with Crippen molar-refractivity contribution in [3.05, 3.63) is 46.7 Å². The number of halogens is 1. The molecule has 1 aromatic carbocycles. The van der Waals surface area contributed by atoms with Crippen LogP contribution in [0.5, 0.6) is 5.75 Å². The van der Waals surface area contributed by atoms with Gasteiger partial charge in [0, 0.05) is 37.9 Å². The zero-order valence-corrected chi connectivity index (χ0v) is 21.1. The molecule has 3 N–H and O–H groups in total. The van der Waals surface area contributed by atoms with Crippen molar-refractivity contribution in [1.29, 1.82) is 0 Å². The Morgan fingerprint density at radius 3 is 2.90 bits per heavy atom. The number of nitrogens with one attached hydrogen (secondary N) is 2. The number of anilines is 1. The molecule has 2 aromatic rings. The molecular weight excluding hydrogens is 511 g/mol. The van der Waals surface area contributed by atoms with Gasteiger partial charge in [-0.25, -0.2) is 4.99 Å². The number of ether oxygens (including phenoxy) is 1. The molecule has 2 unspecified atom stereocenters. The number of nitrogens with zero attached hydrogens (tertiary/aromatic N) is 2. The third-order valence-corrected chi connectivity index (χ3v) is 5.98. The van der Waals surface area contributed by atoms with E-state index in [2.05, 4.69) is 32.7 Å². The Balaban J connectivity index is 0.00000320. The number of hydrogen-bond acceptors (Lipinski definition) is 5. The maximum absolute atomic E-state index is 10.7. The molecule has 0 amide bonds. The molecule has 0 aliphatic carbocycles. The van der Waals surface area contributed by atoms with Crippen LogP contribution >= 0.6 is 35.3 Å². The number of aliphatic hydroxyl groups is 1. The number of aliphatic imine (C=N–C) groups is 1. The third-order valence-electron chi connectivity index (χ3n) is 5.29. The van der Waals surface area contributed by atoms with Crippen LogP contribution in [0.15, 0.2) is 46.1 Å². The summed E-state index contributed by atoms with van der Waals surface area (Å²) < 4.78 is 5.35. The summed E-state index contributed by atoms with van der Waals surface area (Å²) in [5, 5.41) is 21.4. The molecule has 2 heterocycles. The monoisotopic (exact) mass is 544 g/mol. The minimum absolute atomic E-state index is 0. The van der Waals surface area contributed by atoms with Crippen LogP contribution in [0.25, 0.3) is 0 Å². The summed E-state index contributed by atoms with van der Waals surface area (Å²) >= 11 is 1.59. The number of guanidine groups is 1. The highest BCUT2D eigenvalue weighted by atomic mass is 127. The summed E-state index contributed by atoms with van der Waals surface area (Å²) in [5.41, 5.74) is 1.16. The van der Waals surface area contributed by atoms with Crippen molar-refractivity contribution < 1.29 is 9.84 Å². The molecule has 0 saturated carbocycles. The molecule has 0 bridgehead atoms. The molecule has 3 rings (SSSR count). The van der Waals surface area contributed by atoms with Crippen molar-refractivity contribution in [2.24, 2.45) is 10.9 Å². The molecule has 0 radical (unpaired) electrons. The highest BCUT2D eigenvalue weighted by molar-refractivity contribution is 14.0. The minimum atomic E-state index is -0.959. The van der Waals surface area contributed by atoms with Crippen molar-refractivity contribution in [1.82, 2.24) is 10.6 Å². The van der Waals surface area contributed by atoms with Gasteiger partial charge in [0.25, 0.3) is 0 Å². The van der Waals surface area contributed by atoms with Crippen LogP contribution in [0.4, 0.5) is 5.69 Å². The topological polar surface area (TPSA) is 69.1 Å². The number of methoxy groups -OCH3 is 1. The Morgan fingerprint density at radius 1 is 1.37 bits per heavy atom. The first-order valence-corrected chi connectivity index (χ1v) is 11.1. The van der Waals surface area contributed by atoms with Gasteiger partial charge >= 0.3 is 0 Å². The lowest BCUT2D eigenvalue weighted by atomic mass is 10.00. The molecule has 1 aromatic heterocycles. The second-order valence-electron chi connectivity index (χ2n) is 7.66. The summed E-state index contributed by atoms with van der Waals surface area (Å²) in [6, 6.07) is 10.2. The van der Waals surface area contributed by atoms with E-state index in [0.29, 0.717) is 12.5 Å². The van der Waals surface area contributed by atoms with Gasteiger partial charge in [-0.2, -0.15) is 11.3 Å². The third kappa shape index (κ3) is 6.75. The standard InChI is InChI=1S/C22H32N4O2S.HI/c1-4-23-21(25-16-22(2,27)18-9-11-29-15-18)24-13-17-8-10-26(14-17)19-6-5-7-20(12-19)28-3;/h5-7,9,11-12,15,17,27H,4,8,10,13-14,16H2,1-3H3,(H2,23,24,25);1H. The Kier molecular flexibility index (Phi) is 9.70. The van der Waals surface area contributed by atoms with Crippen LogP contribution in [-0.4, -0.2) is 50.9 Å². The van der Waals surface area contributed by atoms with E-state index in [0.717, 1.165) is 49.9 Å². The van der Waals surface area contributed by atoms with Gasteiger partial charge in [0.15, 0.2) is 5.96 Å². The fraction of sp³-hybridized carbons (Fsp3) is 0.500. The van der Waals surface area contributed by atoms with Gasteiger partial charge in [0.1, 0.15) is 11.4 Å². The normalized spacial score (nSPS) is 18.5. The van der Waals surface area contributed by atoms with E-state index < -0.39 is 5.60 Å². The van der Waals surface area contributed by atoms with Crippen molar-refractivity contribution >= 4 is 47.0 Å². The first-order chi connectivity index (χ1) is 14.0. The predicted molar refractivity (Wildman–Crippen MR) is 137 cm³/mol. The Bertz CT molecular complexity index is 798. The summed E-state index contributed by atoms with van der Waals surface area (Å²) in [4.78, 5) is 7.02. The summed E-state index contributed by atoms with van der Waals surface area (Å²) in [5.74, 6) is 2.19. The van der Waals surface area contributed by atoms with E-state index in [-0.39, 0.29) is 24.0 Å². The molecule has 1 fully saturated rings. The summed E-state index contributed by atoms with van der Waals surface area (Å²) in [6.45, 7) is 7.87. The fourth-order valence-electron chi connectivity index (χ4n) is 3.52. The molecule has 6 nitrogen and oxygen atoms in total. The van der Waals surface area contributed by atoms with E-state index in [4.69, 9.17) is 4.74 Å². The summed E-state index contributed by atoms with van der Waals surface area (Å²) in [7, 11) is 1.70. The van der Waals surface area contributed by atoms with Gasteiger partial charge in [-0.1, -0.05) is 6.07 Å². The summed E-state index contributed by atoms with van der Waals surface area (Å²) in [6.07, 6.45) is 1.14. The van der Waals surface area contributed by atoms with Gasteiger partial charge in [-0.05, 0) is 60.7 Å². The fourth-order valence-corrected chi connectivity index (χ4v) is 4.30. The van der Waals surface area contributed by atoms with Crippen LogP contribution < -0.4 is 20.3 Å². The average molecular weight is 545 g/mol. The Labute approximate surface area is 200 Å². The van der Waals surface area contributed by atoms with E-state index in [1.165, 1.54) is 5.69 Å². The van der Waals surface area contributed by atoms with Crippen molar-refractivity contribution in [2.45, 2.75) is 25.9 Å². The second kappa shape index (κ2) is 11.8. The second-order valence-corrected chi connectivity index (χ2v) is 8.44. The lowest BCUT2D eigenvalue weighted by Crippen LogP contribution is -2.41. The van der Waals surface area contributed by atoms with Gasteiger partial charge in [-0.3, -0.25) is 0 Å². The minimum Gasteiger partial charge on any atom is -0.497 e. The first kappa shape index (κ1) is 24.7. The van der Waals surface area contributed by atoms with Crippen molar-refractivity contribution in [3.8, 4) is 5.75 Å². The van der Waals surface area contributed by atoms with Crippen LogP contribution in [0.1, 0.15) is 25.8 Å². The van der Waals surface area contributed by atoms with Crippen LogP contribution in [0, 0.1) is 5.92 Å². The molecule has 8 heteroatoms. The Hall–Kier alpha value is -1.52. The molecular formula is C22H33IN4O2S. The zero-order chi connectivity index (χ0) is 20.7. The van der Waals surface area contributed by atoms with Crippen molar-refractivity contribution in [3.63, 3.8) is 0 Å². The van der Waals surface area contributed by atoms with Gasteiger partial charge < -0.3 is 25.4 Å². The van der Waals surface area contributed by atoms with Gasteiger partial charge in [0.05, 0.1) is 13.7 Å². The molecule has 30 heavy (non-hydrogen) atoms. The van der Waals surface area contributed by atoms with Gasteiger partial charge in [-0.15, -0.1) is 24.0 Å². The zero-order valence-electron chi connectivity index (χ0n) is 17.9.